The van der Waals surface area contributed by atoms with Gasteiger partial charge in [-0.1, -0.05) is 24.3 Å². The minimum absolute atomic E-state index is 0.375. The summed E-state index contributed by atoms with van der Waals surface area (Å²) in [6, 6.07) is 16.6. The summed E-state index contributed by atoms with van der Waals surface area (Å²) in [4.78, 5) is 18.4. The van der Waals surface area contributed by atoms with E-state index >= 15 is 0 Å². The van der Waals surface area contributed by atoms with Gasteiger partial charge in [0.1, 0.15) is 17.6 Å². The van der Waals surface area contributed by atoms with E-state index in [0.29, 0.717) is 22.7 Å². The maximum Gasteiger partial charge on any atom is 0.344 e. The van der Waals surface area contributed by atoms with Crippen LogP contribution in [0.3, 0.4) is 0 Å². The van der Waals surface area contributed by atoms with Gasteiger partial charge in [0.15, 0.2) is 6.10 Å². The molecule has 0 aliphatic rings. The number of aromatic amines is 1. The molecule has 25 heavy (non-hydrogen) atoms. The maximum atomic E-state index is 10.9. The number of hydrogen-bond donors (Lipinski definition) is 2. The van der Waals surface area contributed by atoms with Gasteiger partial charge in [0.2, 0.25) is 0 Å². The molecule has 0 saturated heterocycles. The van der Waals surface area contributed by atoms with Gasteiger partial charge in [-0.05, 0) is 42.8 Å². The molecule has 1 atom stereocenters. The number of nitriles is 1. The van der Waals surface area contributed by atoms with Crippen molar-refractivity contribution in [2.24, 2.45) is 0 Å². The molecule has 0 amide bonds. The van der Waals surface area contributed by atoms with Crippen molar-refractivity contribution in [3.63, 3.8) is 0 Å². The highest BCUT2D eigenvalue weighted by atomic mass is 16.5. The summed E-state index contributed by atoms with van der Waals surface area (Å²) < 4.78 is 5.35. The summed E-state index contributed by atoms with van der Waals surface area (Å²) in [6.45, 7) is 1.46. The van der Waals surface area contributed by atoms with Crippen LogP contribution in [0.1, 0.15) is 18.3 Å². The van der Waals surface area contributed by atoms with Crippen molar-refractivity contribution in [1.29, 1.82) is 5.26 Å². The SMILES string of the molecule is C[C@@H](Oc1cccc(/C=C(/C#N)c2nc3ccccc3[nH]2)c1)C(=O)O. The fourth-order valence-electron chi connectivity index (χ4n) is 2.33. The van der Waals surface area contributed by atoms with E-state index in [0.717, 1.165) is 11.0 Å². The molecule has 0 fully saturated rings. The first-order valence-corrected chi connectivity index (χ1v) is 7.63. The van der Waals surface area contributed by atoms with Crippen LogP contribution in [0.2, 0.25) is 0 Å². The minimum Gasteiger partial charge on any atom is -0.479 e. The summed E-state index contributed by atoms with van der Waals surface area (Å²) in [5.74, 6) is -0.139. The molecule has 1 aromatic heterocycles. The molecule has 6 nitrogen and oxygen atoms in total. The number of nitrogens with zero attached hydrogens (tertiary/aromatic N) is 2. The molecule has 0 saturated carbocycles. The van der Waals surface area contributed by atoms with Crippen molar-refractivity contribution in [2.45, 2.75) is 13.0 Å². The van der Waals surface area contributed by atoms with Crippen LogP contribution in [0.15, 0.2) is 48.5 Å². The number of fused-ring (bicyclic) bond motifs is 1. The van der Waals surface area contributed by atoms with Crippen molar-refractivity contribution in [1.82, 2.24) is 9.97 Å². The van der Waals surface area contributed by atoms with Crippen molar-refractivity contribution < 1.29 is 14.6 Å². The Labute approximate surface area is 144 Å². The molecule has 3 aromatic rings. The van der Waals surface area contributed by atoms with E-state index in [1.165, 1.54) is 6.92 Å². The van der Waals surface area contributed by atoms with E-state index in [1.807, 2.05) is 24.3 Å². The van der Waals surface area contributed by atoms with Crippen LogP contribution in [-0.2, 0) is 4.79 Å². The summed E-state index contributed by atoms with van der Waals surface area (Å²) >= 11 is 0. The number of H-pyrrole nitrogens is 1. The number of ether oxygens (including phenoxy) is 1. The number of aromatic nitrogens is 2. The fraction of sp³-hybridized carbons (Fsp3) is 0.105. The van der Waals surface area contributed by atoms with Crippen LogP contribution in [0, 0.1) is 11.3 Å². The van der Waals surface area contributed by atoms with E-state index in [9.17, 15) is 10.1 Å². The second-order valence-corrected chi connectivity index (χ2v) is 5.44. The van der Waals surface area contributed by atoms with Gasteiger partial charge < -0.3 is 14.8 Å². The monoisotopic (exact) mass is 333 g/mol. The van der Waals surface area contributed by atoms with Crippen molar-refractivity contribution >= 4 is 28.7 Å². The molecule has 0 spiro atoms. The normalized spacial score (nSPS) is 12.6. The first kappa shape index (κ1) is 16.3. The van der Waals surface area contributed by atoms with Gasteiger partial charge >= 0.3 is 5.97 Å². The van der Waals surface area contributed by atoms with Crippen LogP contribution < -0.4 is 4.74 Å². The molecule has 2 N–H and O–H groups in total. The van der Waals surface area contributed by atoms with E-state index in [2.05, 4.69) is 16.0 Å². The Balaban J connectivity index is 1.92. The number of carboxylic acid groups (broad SMARTS) is 1. The number of benzene rings is 2. The van der Waals surface area contributed by atoms with Crippen LogP contribution in [-0.4, -0.2) is 27.1 Å². The quantitative estimate of drug-likeness (QED) is 0.696. The molecule has 0 unspecified atom stereocenters. The number of rotatable bonds is 5. The van der Waals surface area contributed by atoms with Crippen molar-refractivity contribution in [3.8, 4) is 11.8 Å². The number of allylic oxidation sites excluding steroid dienone is 1. The van der Waals surface area contributed by atoms with E-state index < -0.39 is 12.1 Å². The summed E-state index contributed by atoms with van der Waals surface area (Å²) in [6.07, 6.45) is 0.723. The predicted octanol–water partition coefficient (Wildman–Crippen LogP) is 3.48. The zero-order valence-electron chi connectivity index (χ0n) is 13.4. The lowest BCUT2D eigenvalue weighted by Gasteiger charge is -2.10. The van der Waals surface area contributed by atoms with Gasteiger partial charge in [-0.2, -0.15) is 5.26 Å². The lowest BCUT2D eigenvalue weighted by atomic mass is 10.1. The van der Waals surface area contributed by atoms with Crippen LogP contribution in [0.5, 0.6) is 5.75 Å². The topological polar surface area (TPSA) is 99.0 Å². The summed E-state index contributed by atoms with van der Waals surface area (Å²) in [5, 5.41) is 18.4. The molecular weight excluding hydrogens is 318 g/mol. The second-order valence-electron chi connectivity index (χ2n) is 5.44. The highest BCUT2D eigenvalue weighted by Gasteiger charge is 2.12. The average molecular weight is 333 g/mol. The highest BCUT2D eigenvalue weighted by Crippen LogP contribution is 2.21. The molecular formula is C19H15N3O3. The van der Waals surface area contributed by atoms with Gasteiger partial charge in [-0.25, -0.2) is 9.78 Å². The van der Waals surface area contributed by atoms with Crippen molar-refractivity contribution in [3.05, 3.63) is 59.9 Å². The molecule has 6 heteroatoms. The lowest BCUT2D eigenvalue weighted by molar-refractivity contribution is -0.144. The largest absolute Gasteiger partial charge is 0.479 e. The molecule has 1 heterocycles. The van der Waals surface area contributed by atoms with E-state index in [1.54, 1.807) is 30.3 Å². The zero-order chi connectivity index (χ0) is 17.8. The van der Waals surface area contributed by atoms with Crippen LogP contribution in [0.25, 0.3) is 22.7 Å². The number of para-hydroxylation sites is 2. The van der Waals surface area contributed by atoms with Crippen molar-refractivity contribution in [2.75, 3.05) is 0 Å². The molecule has 0 bridgehead atoms. The molecule has 3 rings (SSSR count). The smallest absolute Gasteiger partial charge is 0.344 e. The van der Waals surface area contributed by atoms with Gasteiger partial charge in [0.05, 0.1) is 16.6 Å². The Morgan fingerprint density at radius 3 is 2.84 bits per heavy atom. The van der Waals surface area contributed by atoms with Gasteiger partial charge in [-0.15, -0.1) is 0 Å². The number of carbonyl (C=O) groups is 1. The molecule has 2 aromatic carbocycles. The number of imidazole rings is 1. The first-order valence-electron chi connectivity index (χ1n) is 7.63. The Hall–Kier alpha value is -3.59. The minimum atomic E-state index is -1.04. The second kappa shape index (κ2) is 6.89. The molecule has 0 aliphatic carbocycles. The Morgan fingerprint density at radius 1 is 1.32 bits per heavy atom. The molecule has 124 valence electrons. The van der Waals surface area contributed by atoms with Crippen LogP contribution in [0.4, 0.5) is 0 Å². The standard InChI is InChI=1S/C19H15N3O3/c1-12(19(23)24)25-15-6-4-5-13(10-15)9-14(11-20)18-21-16-7-2-3-8-17(16)22-18/h2-10,12H,1H3,(H,21,22)(H,23,24)/b14-9-/t12-/m1/s1. The Morgan fingerprint density at radius 2 is 2.12 bits per heavy atom. The summed E-state index contributed by atoms with van der Waals surface area (Å²) in [7, 11) is 0. The lowest BCUT2D eigenvalue weighted by Crippen LogP contribution is -2.22. The number of hydrogen-bond acceptors (Lipinski definition) is 4. The Kier molecular flexibility index (Phi) is 4.48. The third kappa shape index (κ3) is 3.67. The number of carboxylic acids is 1. The number of aliphatic carboxylic acids is 1. The first-order chi connectivity index (χ1) is 12.1. The van der Waals surface area contributed by atoms with Crippen LogP contribution >= 0.6 is 0 Å². The summed E-state index contributed by atoms with van der Waals surface area (Å²) in [5.41, 5.74) is 2.73. The van der Waals surface area contributed by atoms with E-state index in [-0.39, 0.29) is 0 Å². The molecule has 0 aliphatic heterocycles. The van der Waals surface area contributed by atoms with Gasteiger partial charge in [-0.3, -0.25) is 0 Å². The highest BCUT2D eigenvalue weighted by molar-refractivity contribution is 5.90. The fourth-order valence-corrected chi connectivity index (χ4v) is 2.33. The average Bonchev–Trinajstić information content (AvgIpc) is 3.03. The maximum absolute atomic E-state index is 10.9. The van der Waals surface area contributed by atoms with E-state index in [4.69, 9.17) is 9.84 Å². The zero-order valence-corrected chi connectivity index (χ0v) is 13.4. The third-order valence-electron chi connectivity index (χ3n) is 3.59. The predicted molar refractivity (Wildman–Crippen MR) is 93.7 cm³/mol. The van der Waals surface area contributed by atoms with Gasteiger partial charge in [0.25, 0.3) is 0 Å². The third-order valence-corrected chi connectivity index (χ3v) is 3.59. The van der Waals surface area contributed by atoms with Gasteiger partial charge in [0, 0.05) is 0 Å². The molecule has 0 radical (unpaired) electrons. The Bertz CT molecular complexity index is 965. The number of nitrogens with one attached hydrogen (secondary N) is 1.